The van der Waals surface area contributed by atoms with Crippen LogP contribution in [0.15, 0.2) is 58.3 Å². The molecule has 1 unspecified atom stereocenters. The minimum absolute atomic E-state index is 0.109. The predicted octanol–water partition coefficient (Wildman–Crippen LogP) is 1.12. The highest BCUT2D eigenvalue weighted by Gasteiger charge is 2.28. The predicted molar refractivity (Wildman–Crippen MR) is 117 cm³/mol. The van der Waals surface area contributed by atoms with E-state index in [0.29, 0.717) is 5.75 Å². The van der Waals surface area contributed by atoms with E-state index in [0.717, 1.165) is 5.56 Å². The van der Waals surface area contributed by atoms with Crippen molar-refractivity contribution < 1.29 is 31.6 Å². The van der Waals surface area contributed by atoms with Gasteiger partial charge in [0.25, 0.3) is 5.91 Å². The van der Waals surface area contributed by atoms with E-state index in [4.69, 9.17) is 9.94 Å². The van der Waals surface area contributed by atoms with E-state index in [2.05, 4.69) is 9.44 Å². The number of methoxy groups -OCH3 is 1. The third-order valence-electron chi connectivity index (χ3n) is 4.60. The summed E-state index contributed by atoms with van der Waals surface area (Å²) in [5.74, 6) is -0.677. The van der Waals surface area contributed by atoms with Gasteiger partial charge in [0.05, 0.1) is 16.9 Å². The van der Waals surface area contributed by atoms with Gasteiger partial charge >= 0.3 is 0 Å². The first kappa shape index (κ1) is 25.7. The van der Waals surface area contributed by atoms with E-state index in [-0.39, 0.29) is 15.2 Å². The van der Waals surface area contributed by atoms with Crippen LogP contribution in [0.3, 0.4) is 0 Å². The molecule has 2 aromatic rings. The molecular weight excluding hydrogens is 458 g/mol. The van der Waals surface area contributed by atoms with Crippen molar-refractivity contribution >= 4 is 26.0 Å². The summed E-state index contributed by atoms with van der Waals surface area (Å²) in [6.45, 7) is 5.29. The Kier molecular flexibility index (Phi) is 8.02. The number of sulfonamides is 2. The average Bonchev–Trinajstić information content (AvgIpc) is 2.75. The Labute approximate surface area is 188 Å². The van der Waals surface area contributed by atoms with Crippen LogP contribution in [0.5, 0.6) is 5.75 Å². The summed E-state index contributed by atoms with van der Waals surface area (Å²) >= 11 is 0. The normalized spacial score (nSPS) is 13.4. The lowest BCUT2D eigenvalue weighted by atomic mass is 9.87. The number of carbonyl (C=O) groups is 1. The molecule has 0 heterocycles. The Hall–Kier alpha value is -2.51. The number of amides is 1. The van der Waals surface area contributed by atoms with E-state index in [9.17, 15) is 21.6 Å². The highest BCUT2D eigenvalue weighted by atomic mass is 32.2. The van der Waals surface area contributed by atoms with Gasteiger partial charge in [-0.05, 0) is 47.4 Å². The molecule has 32 heavy (non-hydrogen) atoms. The zero-order chi connectivity index (χ0) is 24.2. The van der Waals surface area contributed by atoms with Crippen molar-refractivity contribution in [2.24, 2.45) is 0 Å². The second-order valence-corrected chi connectivity index (χ2v) is 11.4. The summed E-state index contributed by atoms with van der Waals surface area (Å²) < 4.78 is 59.7. The number of nitrogens with one attached hydrogen (secondary N) is 3. The highest BCUT2D eigenvalue weighted by Crippen LogP contribution is 2.23. The summed E-state index contributed by atoms with van der Waals surface area (Å²) in [5, 5.41) is 8.98. The van der Waals surface area contributed by atoms with Crippen molar-refractivity contribution in [3.8, 4) is 5.75 Å². The summed E-state index contributed by atoms with van der Waals surface area (Å²) in [6, 6.07) is 9.94. The second-order valence-electron chi connectivity index (χ2n) is 7.95. The van der Waals surface area contributed by atoms with Gasteiger partial charge in [-0.15, -0.1) is 0 Å². The Balaban J connectivity index is 2.20. The summed E-state index contributed by atoms with van der Waals surface area (Å²) in [4.78, 5) is 11.8. The van der Waals surface area contributed by atoms with Crippen molar-refractivity contribution in [2.45, 2.75) is 42.0 Å². The maximum atomic E-state index is 12.7. The first-order valence-electron chi connectivity index (χ1n) is 9.51. The summed E-state index contributed by atoms with van der Waals surface area (Å²) in [7, 11) is -6.82. The van der Waals surface area contributed by atoms with Crippen LogP contribution >= 0.6 is 0 Å². The fourth-order valence-corrected chi connectivity index (χ4v) is 4.93. The molecule has 0 aliphatic heterocycles. The van der Waals surface area contributed by atoms with Crippen LogP contribution in [0.25, 0.3) is 0 Å². The van der Waals surface area contributed by atoms with Crippen LogP contribution in [0, 0.1) is 0 Å². The molecule has 0 saturated carbocycles. The van der Waals surface area contributed by atoms with Crippen molar-refractivity contribution in [1.29, 1.82) is 0 Å². The SMILES string of the molecule is COc1ccc(S(=O)(=O)NCC(NS(=O)(=O)c2ccc(C(C)(C)C)cc2)C(=O)NO)cc1. The Morgan fingerprint density at radius 2 is 1.44 bits per heavy atom. The van der Waals surface area contributed by atoms with Gasteiger partial charge in [-0.3, -0.25) is 10.0 Å². The van der Waals surface area contributed by atoms with Crippen LogP contribution in [0.1, 0.15) is 26.3 Å². The smallest absolute Gasteiger partial charge is 0.262 e. The van der Waals surface area contributed by atoms with E-state index >= 15 is 0 Å². The van der Waals surface area contributed by atoms with E-state index in [1.807, 2.05) is 20.8 Å². The van der Waals surface area contributed by atoms with Crippen LogP contribution < -0.4 is 19.7 Å². The number of hydroxylamine groups is 1. The molecule has 2 rings (SSSR count). The lowest BCUT2D eigenvalue weighted by Crippen LogP contribution is -2.51. The molecule has 4 N–H and O–H groups in total. The summed E-state index contributed by atoms with van der Waals surface area (Å²) in [6.07, 6.45) is 0. The molecule has 0 aliphatic rings. The third-order valence-corrected chi connectivity index (χ3v) is 7.53. The molecule has 2 aromatic carbocycles. The van der Waals surface area contributed by atoms with Gasteiger partial charge in [0.15, 0.2) is 0 Å². The van der Waals surface area contributed by atoms with Crippen LogP contribution in [-0.4, -0.2) is 47.6 Å². The van der Waals surface area contributed by atoms with Gasteiger partial charge in [-0.2, -0.15) is 4.72 Å². The third kappa shape index (κ3) is 6.50. The van der Waals surface area contributed by atoms with Gasteiger partial charge in [-0.1, -0.05) is 32.9 Å². The fourth-order valence-electron chi connectivity index (χ4n) is 2.69. The molecule has 0 aliphatic carbocycles. The molecule has 0 radical (unpaired) electrons. The Bertz CT molecular complexity index is 1140. The molecule has 10 nitrogen and oxygen atoms in total. The minimum Gasteiger partial charge on any atom is -0.497 e. The first-order chi connectivity index (χ1) is 14.8. The Morgan fingerprint density at radius 3 is 1.91 bits per heavy atom. The summed E-state index contributed by atoms with van der Waals surface area (Å²) in [5.41, 5.74) is 2.07. The van der Waals surface area contributed by atoms with Crippen molar-refractivity contribution in [2.75, 3.05) is 13.7 Å². The van der Waals surface area contributed by atoms with Crippen LogP contribution in [0.2, 0.25) is 0 Å². The lowest BCUT2D eigenvalue weighted by molar-refractivity contribution is -0.130. The monoisotopic (exact) mass is 485 g/mol. The van der Waals surface area contributed by atoms with Crippen molar-refractivity contribution in [3.05, 3.63) is 54.1 Å². The molecule has 0 fully saturated rings. The largest absolute Gasteiger partial charge is 0.497 e. The molecule has 12 heteroatoms. The number of hydrogen-bond acceptors (Lipinski definition) is 7. The topological polar surface area (TPSA) is 151 Å². The van der Waals surface area contributed by atoms with E-state index in [1.54, 1.807) is 12.1 Å². The second kappa shape index (κ2) is 9.96. The molecular formula is C20H27N3O7S2. The maximum absolute atomic E-state index is 12.7. The number of benzene rings is 2. The zero-order valence-electron chi connectivity index (χ0n) is 18.1. The number of carbonyl (C=O) groups excluding carboxylic acids is 1. The molecule has 0 spiro atoms. The quantitative estimate of drug-likeness (QED) is 0.307. The lowest BCUT2D eigenvalue weighted by Gasteiger charge is -2.20. The van der Waals surface area contributed by atoms with E-state index in [1.165, 1.54) is 49.0 Å². The van der Waals surface area contributed by atoms with Gasteiger partial charge in [0, 0.05) is 6.54 Å². The van der Waals surface area contributed by atoms with Gasteiger partial charge in [-0.25, -0.2) is 27.0 Å². The van der Waals surface area contributed by atoms with E-state index < -0.39 is 38.5 Å². The number of hydrogen-bond donors (Lipinski definition) is 4. The molecule has 1 amide bonds. The van der Waals surface area contributed by atoms with Crippen molar-refractivity contribution in [1.82, 2.24) is 14.9 Å². The minimum atomic E-state index is -4.19. The maximum Gasteiger partial charge on any atom is 0.262 e. The molecule has 0 saturated heterocycles. The standard InChI is InChI=1S/C20H27N3O7S2/c1-20(2,3)14-5-9-17(10-6-14)32(28,29)23-18(19(24)22-25)13-21-31(26,27)16-11-7-15(30-4)8-12-16/h5-12,18,21,23,25H,13H2,1-4H3,(H,22,24). The van der Waals surface area contributed by atoms with Crippen LogP contribution in [0.4, 0.5) is 0 Å². The molecule has 176 valence electrons. The molecule has 1 atom stereocenters. The molecule has 0 bridgehead atoms. The van der Waals surface area contributed by atoms with Gasteiger partial charge < -0.3 is 4.74 Å². The van der Waals surface area contributed by atoms with Gasteiger partial charge in [0.1, 0.15) is 11.8 Å². The van der Waals surface area contributed by atoms with Crippen molar-refractivity contribution in [3.63, 3.8) is 0 Å². The zero-order valence-corrected chi connectivity index (χ0v) is 19.7. The molecule has 0 aromatic heterocycles. The number of rotatable bonds is 9. The highest BCUT2D eigenvalue weighted by molar-refractivity contribution is 7.90. The first-order valence-corrected chi connectivity index (χ1v) is 12.5. The number of ether oxygens (including phenoxy) is 1. The Morgan fingerprint density at radius 1 is 0.938 bits per heavy atom. The average molecular weight is 486 g/mol. The van der Waals surface area contributed by atoms with Crippen LogP contribution in [-0.2, 0) is 30.3 Å². The fraction of sp³-hybridized carbons (Fsp3) is 0.350. The van der Waals surface area contributed by atoms with Gasteiger partial charge in [0.2, 0.25) is 20.0 Å².